The molecule has 2 aromatic carbocycles. The van der Waals surface area contributed by atoms with E-state index in [1.807, 2.05) is 0 Å². The van der Waals surface area contributed by atoms with Crippen molar-refractivity contribution in [3.05, 3.63) is 52.6 Å². The lowest BCUT2D eigenvalue weighted by Crippen LogP contribution is -2.37. The molecule has 0 radical (unpaired) electrons. The average Bonchev–Trinajstić information content (AvgIpc) is 3.27. The molecule has 4 rings (SSSR count). The molecule has 1 aliphatic heterocycles. The lowest BCUT2D eigenvalue weighted by Gasteiger charge is -2.29. The van der Waals surface area contributed by atoms with Crippen molar-refractivity contribution in [1.29, 1.82) is 0 Å². The minimum Gasteiger partial charge on any atom is -0.496 e. The maximum Gasteiger partial charge on any atom is 0.284 e. The molecule has 33 heavy (non-hydrogen) atoms. The average molecular weight is 491 g/mol. The summed E-state index contributed by atoms with van der Waals surface area (Å²) in [6.45, 7) is 2.89. The van der Waals surface area contributed by atoms with E-state index in [0.29, 0.717) is 30.3 Å². The number of rotatable bonds is 7. The van der Waals surface area contributed by atoms with E-state index >= 15 is 0 Å². The number of para-hydroxylation sites is 1. The number of nitro benzene ring substituents is 1. The fourth-order valence-corrected chi connectivity index (χ4v) is 5.79. The molecular formula is C21H22N4O6S2. The molecule has 0 N–H and O–H groups in total. The van der Waals surface area contributed by atoms with Crippen LogP contribution in [-0.4, -0.2) is 48.0 Å². The fraction of sp³-hybridized carbons (Fsp3) is 0.333. The molecule has 2 heterocycles. The molecule has 174 valence electrons. The van der Waals surface area contributed by atoms with E-state index < -0.39 is 14.9 Å². The van der Waals surface area contributed by atoms with Crippen LogP contribution in [0.1, 0.15) is 19.8 Å². The number of piperidine rings is 1. The van der Waals surface area contributed by atoms with Crippen LogP contribution in [0.3, 0.4) is 0 Å². The Kier molecular flexibility index (Phi) is 6.68. The van der Waals surface area contributed by atoms with Crippen LogP contribution in [0.4, 0.5) is 5.69 Å². The number of hydrogen-bond acceptors (Lipinski definition) is 9. The first-order valence-electron chi connectivity index (χ1n) is 10.2. The zero-order valence-electron chi connectivity index (χ0n) is 18.0. The Balaban J connectivity index is 1.61. The Morgan fingerprint density at radius 1 is 1.18 bits per heavy atom. The van der Waals surface area contributed by atoms with Gasteiger partial charge in [0.05, 0.1) is 27.4 Å². The van der Waals surface area contributed by atoms with Crippen LogP contribution < -0.4 is 4.74 Å². The molecule has 0 bridgehead atoms. The molecule has 0 unspecified atom stereocenters. The molecule has 0 spiro atoms. The minimum absolute atomic E-state index is 0.0830. The van der Waals surface area contributed by atoms with Gasteiger partial charge in [-0.15, -0.1) is 10.2 Å². The third kappa shape index (κ3) is 4.87. The molecular weight excluding hydrogens is 468 g/mol. The van der Waals surface area contributed by atoms with Gasteiger partial charge in [0.15, 0.2) is 0 Å². The van der Waals surface area contributed by atoms with Gasteiger partial charge in [-0.05, 0) is 54.8 Å². The Hall–Kier alpha value is -2.96. The van der Waals surface area contributed by atoms with Gasteiger partial charge in [-0.1, -0.05) is 19.1 Å². The van der Waals surface area contributed by atoms with Gasteiger partial charge in [0, 0.05) is 19.2 Å². The molecule has 0 aliphatic carbocycles. The molecule has 1 aromatic heterocycles. The molecule has 12 heteroatoms. The van der Waals surface area contributed by atoms with Gasteiger partial charge in [-0.2, -0.15) is 4.31 Å². The van der Waals surface area contributed by atoms with E-state index in [1.54, 1.807) is 24.3 Å². The van der Waals surface area contributed by atoms with E-state index in [0.717, 1.165) is 30.7 Å². The Morgan fingerprint density at radius 2 is 1.91 bits per heavy atom. The van der Waals surface area contributed by atoms with E-state index in [-0.39, 0.29) is 26.6 Å². The number of hydrogen-bond donors (Lipinski definition) is 0. The number of nitro groups is 1. The second kappa shape index (κ2) is 9.49. The number of benzene rings is 2. The zero-order chi connectivity index (χ0) is 23.6. The second-order valence-corrected chi connectivity index (χ2v) is 10.6. The summed E-state index contributed by atoms with van der Waals surface area (Å²) < 4.78 is 38.4. The van der Waals surface area contributed by atoms with Crippen molar-refractivity contribution in [2.45, 2.75) is 34.8 Å². The maximum atomic E-state index is 13.0. The summed E-state index contributed by atoms with van der Waals surface area (Å²) in [5.41, 5.74) is 0.245. The van der Waals surface area contributed by atoms with Crippen LogP contribution in [-0.2, 0) is 10.0 Å². The number of nitrogens with zero attached hydrogens (tertiary/aromatic N) is 4. The van der Waals surface area contributed by atoms with Crippen LogP contribution in [0.2, 0.25) is 0 Å². The van der Waals surface area contributed by atoms with Gasteiger partial charge in [-0.25, -0.2) is 8.42 Å². The number of sulfonamides is 1. The zero-order valence-corrected chi connectivity index (χ0v) is 19.6. The summed E-state index contributed by atoms with van der Waals surface area (Å²) in [7, 11) is -2.29. The maximum absolute atomic E-state index is 13.0. The number of aromatic nitrogens is 2. The normalized spacial score (nSPS) is 15.5. The van der Waals surface area contributed by atoms with Gasteiger partial charge in [-0.3, -0.25) is 10.1 Å². The number of ether oxygens (including phenoxy) is 1. The Bertz CT molecular complexity index is 1270. The molecule has 3 aromatic rings. The van der Waals surface area contributed by atoms with Crippen molar-refractivity contribution in [3.63, 3.8) is 0 Å². The fourth-order valence-electron chi connectivity index (χ4n) is 3.54. The van der Waals surface area contributed by atoms with Gasteiger partial charge in [0.1, 0.15) is 5.75 Å². The van der Waals surface area contributed by atoms with Crippen molar-refractivity contribution in [1.82, 2.24) is 14.5 Å². The van der Waals surface area contributed by atoms with E-state index in [9.17, 15) is 18.5 Å². The molecule has 0 saturated carbocycles. The standard InChI is InChI=1S/C21H22N4O6S2/c1-14-9-11-24(12-10-14)33(28,29)15-7-8-19(17(13-15)25(26)27)32-21-23-22-20(31-21)16-5-3-4-6-18(16)30-2/h3-8,13-14H,9-12H2,1-2H3. The predicted molar refractivity (Wildman–Crippen MR) is 121 cm³/mol. The molecule has 1 aliphatic rings. The minimum atomic E-state index is -3.82. The third-order valence-corrected chi connectivity index (χ3v) is 8.25. The van der Waals surface area contributed by atoms with Crippen molar-refractivity contribution >= 4 is 27.5 Å². The second-order valence-electron chi connectivity index (χ2n) is 7.65. The molecule has 1 saturated heterocycles. The largest absolute Gasteiger partial charge is 0.496 e. The monoisotopic (exact) mass is 490 g/mol. The highest BCUT2D eigenvalue weighted by atomic mass is 32.2. The highest BCUT2D eigenvalue weighted by Gasteiger charge is 2.30. The van der Waals surface area contributed by atoms with Crippen molar-refractivity contribution in [2.24, 2.45) is 5.92 Å². The van der Waals surface area contributed by atoms with Crippen molar-refractivity contribution in [2.75, 3.05) is 20.2 Å². The van der Waals surface area contributed by atoms with Crippen LogP contribution in [0.5, 0.6) is 5.75 Å². The molecule has 0 atom stereocenters. The third-order valence-electron chi connectivity index (χ3n) is 5.45. The first kappa shape index (κ1) is 23.2. The van der Waals surface area contributed by atoms with Crippen LogP contribution in [0, 0.1) is 16.0 Å². The summed E-state index contributed by atoms with van der Waals surface area (Å²) in [6, 6.07) is 11.0. The van der Waals surface area contributed by atoms with Gasteiger partial charge >= 0.3 is 0 Å². The molecule has 10 nitrogen and oxygen atoms in total. The highest BCUT2D eigenvalue weighted by molar-refractivity contribution is 7.99. The van der Waals surface area contributed by atoms with Crippen molar-refractivity contribution in [3.8, 4) is 17.2 Å². The van der Waals surface area contributed by atoms with Gasteiger partial charge in [0.25, 0.3) is 16.8 Å². The summed E-state index contributed by atoms with van der Waals surface area (Å²) in [5, 5.41) is 19.8. The summed E-state index contributed by atoms with van der Waals surface area (Å²) in [5.74, 6) is 1.21. The lowest BCUT2D eigenvalue weighted by atomic mass is 10.0. The highest BCUT2D eigenvalue weighted by Crippen LogP contribution is 2.38. The van der Waals surface area contributed by atoms with E-state index in [1.165, 1.54) is 23.5 Å². The van der Waals surface area contributed by atoms with Gasteiger partial charge < -0.3 is 9.15 Å². The predicted octanol–water partition coefficient (Wildman–Crippen LogP) is 4.23. The van der Waals surface area contributed by atoms with Gasteiger partial charge in [0.2, 0.25) is 10.0 Å². The quantitative estimate of drug-likeness (QED) is 0.353. The SMILES string of the molecule is COc1ccccc1-c1nnc(Sc2ccc(S(=O)(=O)N3CCC(C)CC3)cc2[N+](=O)[O-])o1. The molecule has 1 fully saturated rings. The first-order valence-corrected chi connectivity index (χ1v) is 12.5. The summed E-state index contributed by atoms with van der Waals surface area (Å²) >= 11 is 0.896. The van der Waals surface area contributed by atoms with Crippen molar-refractivity contribution < 1.29 is 22.5 Å². The summed E-state index contributed by atoms with van der Waals surface area (Å²) in [4.78, 5) is 11.2. The first-order chi connectivity index (χ1) is 15.8. The summed E-state index contributed by atoms with van der Waals surface area (Å²) in [6.07, 6.45) is 1.53. The van der Waals surface area contributed by atoms with Crippen LogP contribution in [0.25, 0.3) is 11.5 Å². The number of methoxy groups -OCH3 is 1. The van der Waals surface area contributed by atoms with Crippen LogP contribution >= 0.6 is 11.8 Å². The Labute approximate surface area is 195 Å². The lowest BCUT2D eigenvalue weighted by molar-refractivity contribution is -0.388. The topological polar surface area (TPSA) is 129 Å². The Morgan fingerprint density at radius 3 is 2.61 bits per heavy atom. The molecule has 0 amide bonds. The van der Waals surface area contributed by atoms with Crippen LogP contribution in [0.15, 0.2) is 61.9 Å². The van der Waals surface area contributed by atoms with E-state index in [4.69, 9.17) is 9.15 Å². The van der Waals surface area contributed by atoms with E-state index in [2.05, 4.69) is 17.1 Å². The smallest absolute Gasteiger partial charge is 0.284 e.